The molecule has 0 aliphatic heterocycles. The first-order valence-corrected chi connectivity index (χ1v) is 9.13. The lowest BCUT2D eigenvalue weighted by Gasteiger charge is -2.05. The largest absolute Gasteiger partial charge is 0.355 e. The second-order valence-electron chi connectivity index (χ2n) is 5.26. The number of rotatable bonds is 7. The van der Waals surface area contributed by atoms with E-state index in [0.717, 1.165) is 27.8 Å². The molecular weight excluding hydrogens is 344 g/mol. The van der Waals surface area contributed by atoms with Crippen LogP contribution in [-0.2, 0) is 17.0 Å². The van der Waals surface area contributed by atoms with Gasteiger partial charge in [0, 0.05) is 29.9 Å². The first-order valence-electron chi connectivity index (χ1n) is 7.60. The fraction of sp³-hybridized carbons (Fsp3) is 0.235. The summed E-state index contributed by atoms with van der Waals surface area (Å²) in [6.07, 6.45) is 2.58. The Morgan fingerprint density at radius 3 is 2.83 bits per heavy atom. The Morgan fingerprint density at radius 2 is 2.00 bits per heavy atom. The Kier molecular flexibility index (Phi) is 5.72. The van der Waals surface area contributed by atoms with Crippen LogP contribution in [0.3, 0.4) is 0 Å². The molecule has 24 heavy (non-hydrogen) atoms. The molecule has 7 heteroatoms. The molecule has 2 heterocycles. The second kappa shape index (κ2) is 8.17. The Labute approximate surface area is 149 Å². The third kappa shape index (κ3) is 4.49. The van der Waals surface area contributed by atoms with Gasteiger partial charge >= 0.3 is 0 Å². The molecule has 1 aromatic carbocycles. The molecule has 0 aliphatic carbocycles. The number of halogens is 1. The van der Waals surface area contributed by atoms with Crippen LogP contribution >= 0.6 is 23.4 Å². The lowest BCUT2D eigenvalue weighted by molar-refractivity contribution is -0.118. The Balaban J connectivity index is 1.39. The summed E-state index contributed by atoms with van der Waals surface area (Å²) < 4.78 is 1.93. The van der Waals surface area contributed by atoms with Gasteiger partial charge in [-0.3, -0.25) is 9.20 Å². The number of aromatic nitrogens is 3. The van der Waals surface area contributed by atoms with E-state index in [-0.39, 0.29) is 5.91 Å². The first-order chi connectivity index (χ1) is 11.7. The van der Waals surface area contributed by atoms with Gasteiger partial charge in [0.2, 0.25) is 5.91 Å². The van der Waals surface area contributed by atoms with E-state index in [1.165, 1.54) is 0 Å². The third-order valence-corrected chi connectivity index (χ3v) is 4.73. The third-order valence-electron chi connectivity index (χ3n) is 3.47. The molecule has 3 aromatic rings. The molecule has 0 fully saturated rings. The van der Waals surface area contributed by atoms with Crippen molar-refractivity contribution in [1.29, 1.82) is 0 Å². The number of pyridine rings is 1. The number of fused-ring (bicyclic) bond motifs is 1. The SMILES string of the molecule is O=C(CSCc1ccc(Cl)cc1)NCCc1nnc2ccccn12. The van der Waals surface area contributed by atoms with Gasteiger partial charge in [-0.15, -0.1) is 22.0 Å². The number of carbonyl (C=O) groups excluding carboxylic acids is 1. The van der Waals surface area contributed by atoms with E-state index < -0.39 is 0 Å². The van der Waals surface area contributed by atoms with Crippen LogP contribution in [0.4, 0.5) is 0 Å². The van der Waals surface area contributed by atoms with Crippen LogP contribution in [0.2, 0.25) is 5.02 Å². The van der Waals surface area contributed by atoms with Crippen LogP contribution in [0, 0.1) is 0 Å². The quantitative estimate of drug-likeness (QED) is 0.703. The van der Waals surface area contributed by atoms with E-state index >= 15 is 0 Å². The van der Waals surface area contributed by atoms with Crippen molar-refractivity contribution in [3.8, 4) is 0 Å². The van der Waals surface area contributed by atoms with Gasteiger partial charge < -0.3 is 5.32 Å². The normalized spacial score (nSPS) is 10.9. The number of benzene rings is 1. The van der Waals surface area contributed by atoms with Crippen molar-refractivity contribution in [3.05, 3.63) is 65.1 Å². The predicted molar refractivity (Wildman–Crippen MR) is 97.3 cm³/mol. The number of thioether (sulfide) groups is 1. The van der Waals surface area contributed by atoms with Crippen molar-refractivity contribution in [2.75, 3.05) is 12.3 Å². The number of nitrogens with zero attached hydrogens (tertiary/aromatic N) is 3. The minimum atomic E-state index is 0.0304. The Bertz CT molecular complexity index is 819. The van der Waals surface area contributed by atoms with Gasteiger partial charge in [0.05, 0.1) is 5.75 Å². The molecule has 1 amide bonds. The van der Waals surface area contributed by atoms with Gasteiger partial charge in [-0.05, 0) is 29.8 Å². The van der Waals surface area contributed by atoms with E-state index in [1.54, 1.807) is 11.8 Å². The molecule has 0 bridgehead atoms. The van der Waals surface area contributed by atoms with E-state index in [0.29, 0.717) is 18.7 Å². The van der Waals surface area contributed by atoms with Crippen LogP contribution < -0.4 is 5.32 Å². The van der Waals surface area contributed by atoms with Crippen LogP contribution in [0.15, 0.2) is 48.7 Å². The lowest BCUT2D eigenvalue weighted by Crippen LogP contribution is -2.27. The van der Waals surface area contributed by atoms with E-state index in [2.05, 4.69) is 15.5 Å². The van der Waals surface area contributed by atoms with Gasteiger partial charge in [0.25, 0.3) is 0 Å². The number of hydrogen-bond acceptors (Lipinski definition) is 4. The fourth-order valence-electron chi connectivity index (χ4n) is 2.27. The summed E-state index contributed by atoms with van der Waals surface area (Å²) in [6.45, 7) is 0.552. The molecule has 5 nitrogen and oxygen atoms in total. The number of hydrogen-bond donors (Lipinski definition) is 1. The monoisotopic (exact) mass is 360 g/mol. The first kappa shape index (κ1) is 16.8. The summed E-state index contributed by atoms with van der Waals surface area (Å²) in [5.41, 5.74) is 1.98. The number of nitrogens with one attached hydrogen (secondary N) is 1. The predicted octanol–water partition coefficient (Wildman–Crippen LogP) is 2.97. The highest BCUT2D eigenvalue weighted by Gasteiger charge is 2.06. The molecule has 0 unspecified atom stereocenters. The van der Waals surface area contributed by atoms with Crippen LogP contribution in [0.5, 0.6) is 0 Å². The molecule has 0 saturated carbocycles. The standard InChI is InChI=1S/C17H17ClN4OS/c18-14-6-4-13(5-7-14)11-24-12-17(23)19-9-8-16-21-20-15-3-1-2-10-22(15)16/h1-7,10H,8-9,11-12H2,(H,19,23). The maximum absolute atomic E-state index is 11.9. The molecule has 0 spiro atoms. The van der Waals surface area contributed by atoms with Gasteiger partial charge in [0.1, 0.15) is 5.82 Å². The van der Waals surface area contributed by atoms with E-state index in [1.807, 2.05) is 53.1 Å². The maximum Gasteiger partial charge on any atom is 0.230 e. The van der Waals surface area contributed by atoms with Crippen LogP contribution in [0.25, 0.3) is 5.65 Å². The molecule has 0 aliphatic rings. The zero-order valence-corrected chi connectivity index (χ0v) is 14.6. The fourth-order valence-corrected chi connectivity index (χ4v) is 3.21. The van der Waals surface area contributed by atoms with Crippen molar-refractivity contribution in [1.82, 2.24) is 19.9 Å². The van der Waals surface area contributed by atoms with Gasteiger partial charge in [-0.2, -0.15) is 0 Å². The van der Waals surface area contributed by atoms with Gasteiger partial charge in [-0.1, -0.05) is 29.8 Å². The summed E-state index contributed by atoms with van der Waals surface area (Å²) in [5, 5.41) is 11.9. The van der Waals surface area contributed by atoms with E-state index in [9.17, 15) is 4.79 Å². The summed E-state index contributed by atoms with van der Waals surface area (Å²) in [5.74, 6) is 2.10. The van der Waals surface area contributed by atoms with Crippen LogP contribution in [-0.4, -0.2) is 32.8 Å². The molecule has 124 valence electrons. The maximum atomic E-state index is 11.9. The average molecular weight is 361 g/mol. The minimum Gasteiger partial charge on any atom is -0.355 e. The Hall–Kier alpha value is -2.05. The topological polar surface area (TPSA) is 59.3 Å². The highest BCUT2D eigenvalue weighted by molar-refractivity contribution is 7.99. The highest BCUT2D eigenvalue weighted by atomic mass is 35.5. The molecule has 0 radical (unpaired) electrons. The van der Waals surface area contributed by atoms with Crippen molar-refractivity contribution >= 4 is 34.9 Å². The summed E-state index contributed by atoms with van der Waals surface area (Å²) >= 11 is 7.43. The molecule has 0 saturated heterocycles. The number of amides is 1. The highest BCUT2D eigenvalue weighted by Crippen LogP contribution is 2.15. The van der Waals surface area contributed by atoms with E-state index in [4.69, 9.17) is 11.6 Å². The average Bonchev–Trinajstić information content (AvgIpc) is 3.00. The van der Waals surface area contributed by atoms with Crippen molar-refractivity contribution in [2.24, 2.45) is 0 Å². The molecule has 0 atom stereocenters. The minimum absolute atomic E-state index is 0.0304. The summed E-state index contributed by atoms with van der Waals surface area (Å²) in [6, 6.07) is 13.4. The Morgan fingerprint density at radius 1 is 1.17 bits per heavy atom. The lowest BCUT2D eigenvalue weighted by atomic mass is 10.2. The van der Waals surface area contributed by atoms with Crippen molar-refractivity contribution < 1.29 is 4.79 Å². The molecule has 3 rings (SSSR count). The molecule has 1 N–H and O–H groups in total. The second-order valence-corrected chi connectivity index (χ2v) is 6.69. The smallest absolute Gasteiger partial charge is 0.230 e. The van der Waals surface area contributed by atoms with Gasteiger partial charge in [0.15, 0.2) is 5.65 Å². The molecule has 2 aromatic heterocycles. The summed E-state index contributed by atoms with van der Waals surface area (Å²) in [7, 11) is 0. The zero-order chi connectivity index (χ0) is 16.8. The van der Waals surface area contributed by atoms with Gasteiger partial charge in [-0.25, -0.2) is 0 Å². The van der Waals surface area contributed by atoms with Crippen LogP contribution in [0.1, 0.15) is 11.4 Å². The number of carbonyl (C=O) groups is 1. The molecular formula is C17H17ClN4OS. The van der Waals surface area contributed by atoms with Crippen molar-refractivity contribution in [3.63, 3.8) is 0 Å². The van der Waals surface area contributed by atoms with Crippen molar-refractivity contribution in [2.45, 2.75) is 12.2 Å². The zero-order valence-electron chi connectivity index (χ0n) is 13.0. The summed E-state index contributed by atoms with van der Waals surface area (Å²) in [4.78, 5) is 11.9.